The average Bonchev–Trinajstić information content (AvgIpc) is 3.57. The summed E-state index contributed by atoms with van der Waals surface area (Å²) in [6.45, 7) is 4.12. The average molecular weight is 434 g/mol. The minimum Gasteiger partial charge on any atom is -0.371 e. The van der Waals surface area contributed by atoms with Crippen molar-refractivity contribution in [3.8, 4) is 0 Å². The number of hydrogen-bond donors (Lipinski definition) is 0. The molecule has 1 amide bonds. The molecule has 1 aromatic carbocycles. The minimum atomic E-state index is -0.0495. The molecule has 2 aromatic heterocycles. The maximum absolute atomic E-state index is 13.1. The van der Waals surface area contributed by atoms with Gasteiger partial charge in [0.1, 0.15) is 18.0 Å². The molecule has 0 N–H and O–H groups in total. The van der Waals surface area contributed by atoms with Gasteiger partial charge in [-0.1, -0.05) is 12.1 Å². The predicted octanol–water partition coefficient (Wildman–Crippen LogP) is 2.51. The molecule has 3 aliphatic rings. The Kier molecular flexibility index (Phi) is 5.04. The molecule has 0 unspecified atom stereocenters. The highest BCUT2D eigenvalue weighted by molar-refractivity contribution is 5.99. The van der Waals surface area contributed by atoms with E-state index in [0.29, 0.717) is 31.9 Å². The molecule has 2 atom stereocenters. The zero-order chi connectivity index (χ0) is 21.5. The normalized spacial score (nSPS) is 24.1. The molecule has 0 radical (unpaired) electrons. The van der Waals surface area contributed by atoms with Gasteiger partial charge in [0.15, 0.2) is 0 Å². The topological polar surface area (TPSA) is 72.7 Å². The van der Waals surface area contributed by atoms with Crippen molar-refractivity contribution in [2.24, 2.45) is 0 Å². The third-order valence-corrected chi connectivity index (χ3v) is 6.81. The molecular formula is C24H27N5O3. The number of carbonyl (C=O) groups is 1. The van der Waals surface area contributed by atoms with Crippen molar-refractivity contribution < 1.29 is 14.3 Å². The molecule has 5 heterocycles. The minimum absolute atomic E-state index is 0.0495. The Morgan fingerprint density at radius 2 is 1.69 bits per heavy atom. The number of aromatic nitrogens is 3. The van der Waals surface area contributed by atoms with Gasteiger partial charge in [-0.15, -0.1) is 0 Å². The molecule has 3 aromatic rings. The van der Waals surface area contributed by atoms with Gasteiger partial charge in [-0.2, -0.15) is 0 Å². The zero-order valence-corrected chi connectivity index (χ0v) is 18.0. The first-order valence-corrected chi connectivity index (χ1v) is 11.4. The van der Waals surface area contributed by atoms with Crippen LogP contribution in [0.2, 0.25) is 0 Å². The van der Waals surface area contributed by atoms with Gasteiger partial charge >= 0.3 is 0 Å². The molecule has 0 saturated carbocycles. The Labute approximate surface area is 186 Å². The fourth-order valence-electron chi connectivity index (χ4n) is 5.09. The van der Waals surface area contributed by atoms with Crippen molar-refractivity contribution in [1.29, 1.82) is 0 Å². The van der Waals surface area contributed by atoms with Crippen LogP contribution < -0.4 is 4.90 Å². The molecule has 3 saturated heterocycles. The summed E-state index contributed by atoms with van der Waals surface area (Å²) in [5.74, 6) is 0.813. The monoisotopic (exact) mass is 433 g/mol. The number of pyridine rings is 1. The number of benzene rings is 1. The summed E-state index contributed by atoms with van der Waals surface area (Å²) in [6.07, 6.45) is 5.68. The molecule has 0 aliphatic carbocycles. The van der Waals surface area contributed by atoms with Crippen LogP contribution in [-0.4, -0.2) is 76.9 Å². The number of nitrogens with zero attached hydrogens (tertiary/aromatic N) is 5. The maximum atomic E-state index is 13.1. The Balaban J connectivity index is 1.18. The van der Waals surface area contributed by atoms with Crippen LogP contribution in [0.1, 0.15) is 29.2 Å². The van der Waals surface area contributed by atoms with E-state index in [9.17, 15) is 4.79 Å². The van der Waals surface area contributed by atoms with E-state index in [0.717, 1.165) is 42.8 Å². The predicted molar refractivity (Wildman–Crippen MR) is 120 cm³/mol. The lowest BCUT2D eigenvalue weighted by atomic mass is 10.2. The fourth-order valence-corrected chi connectivity index (χ4v) is 5.09. The van der Waals surface area contributed by atoms with E-state index in [1.165, 1.54) is 0 Å². The highest BCUT2D eigenvalue weighted by Gasteiger charge is 2.39. The van der Waals surface area contributed by atoms with E-state index in [1.807, 2.05) is 41.6 Å². The van der Waals surface area contributed by atoms with Crippen molar-refractivity contribution in [2.45, 2.75) is 31.1 Å². The SMILES string of the molecule is O=C(c1cccnc1N1C[C@@H]2OCC(n3cnc4ccccc43)CO[C@H]2C1)N1CCCC1. The lowest BCUT2D eigenvalue weighted by Gasteiger charge is -2.23. The second-order valence-electron chi connectivity index (χ2n) is 8.82. The first-order valence-electron chi connectivity index (χ1n) is 11.4. The first-order chi connectivity index (χ1) is 15.8. The Bertz CT molecular complexity index is 1110. The molecule has 8 heteroatoms. The summed E-state index contributed by atoms with van der Waals surface area (Å²) >= 11 is 0. The number of imidazole rings is 1. The van der Waals surface area contributed by atoms with Gasteiger partial charge in [-0.3, -0.25) is 4.79 Å². The van der Waals surface area contributed by atoms with Crippen LogP contribution in [0.3, 0.4) is 0 Å². The van der Waals surface area contributed by atoms with Crippen LogP contribution in [0, 0.1) is 0 Å². The van der Waals surface area contributed by atoms with E-state index in [-0.39, 0.29) is 24.2 Å². The van der Waals surface area contributed by atoms with E-state index < -0.39 is 0 Å². The van der Waals surface area contributed by atoms with E-state index in [2.05, 4.69) is 25.5 Å². The Morgan fingerprint density at radius 3 is 2.47 bits per heavy atom. The van der Waals surface area contributed by atoms with Gasteiger partial charge in [0.2, 0.25) is 0 Å². The quantitative estimate of drug-likeness (QED) is 0.632. The number of rotatable bonds is 3. The molecule has 3 aliphatic heterocycles. The lowest BCUT2D eigenvalue weighted by molar-refractivity contribution is -0.00461. The molecular weight excluding hydrogens is 406 g/mol. The zero-order valence-electron chi connectivity index (χ0n) is 18.0. The van der Waals surface area contributed by atoms with Crippen LogP contribution in [0.25, 0.3) is 11.0 Å². The van der Waals surface area contributed by atoms with Crippen LogP contribution >= 0.6 is 0 Å². The van der Waals surface area contributed by atoms with Crippen molar-refractivity contribution in [1.82, 2.24) is 19.4 Å². The van der Waals surface area contributed by atoms with Gasteiger partial charge < -0.3 is 23.8 Å². The highest BCUT2D eigenvalue weighted by atomic mass is 16.6. The first kappa shape index (κ1) is 19.7. The molecule has 8 nitrogen and oxygen atoms in total. The Hall–Kier alpha value is -2.97. The Morgan fingerprint density at radius 1 is 0.938 bits per heavy atom. The third kappa shape index (κ3) is 3.43. The number of fused-ring (bicyclic) bond motifs is 2. The number of carbonyl (C=O) groups excluding carboxylic acids is 1. The maximum Gasteiger partial charge on any atom is 0.257 e. The van der Waals surface area contributed by atoms with Crippen LogP contribution in [-0.2, 0) is 9.47 Å². The van der Waals surface area contributed by atoms with E-state index >= 15 is 0 Å². The number of ether oxygens (including phenoxy) is 2. The summed E-state index contributed by atoms with van der Waals surface area (Å²) in [5, 5.41) is 0. The van der Waals surface area contributed by atoms with Gasteiger partial charge in [-0.05, 0) is 37.1 Å². The van der Waals surface area contributed by atoms with E-state index in [1.54, 1.807) is 6.20 Å². The summed E-state index contributed by atoms with van der Waals surface area (Å²) in [6, 6.07) is 11.9. The van der Waals surface area contributed by atoms with Gasteiger partial charge in [0.05, 0.1) is 42.2 Å². The van der Waals surface area contributed by atoms with E-state index in [4.69, 9.17) is 9.47 Å². The second-order valence-corrected chi connectivity index (χ2v) is 8.82. The summed E-state index contributed by atoms with van der Waals surface area (Å²) in [7, 11) is 0. The van der Waals surface area contributed by atoms with Gasteiger partial charge in [0.25, 0.3) is 5.91 Å². The summed E-state index contributed by atoms with van der Waals surface area (Å²) in [5.41, 5.74) is 2.75. The molecule has 32 heavy (non-hydrogen) atoms. The highest BCUT2D eigenvalue weighted by Crippen LogP contribution is 2.30. The largest absolute Gasteiger partial charge is 0.371 e. The molecule has 0 bridgehead atoms. The van der Waals surface area contributed by atoms with Crippen molar-refractivity contribution in [3.05, 3.63) is 54.5 Å². The third-order valence-electron chi connectivity index (χ3n) is 6.81. The number of amides is 1. The van der Waals surface area contributed by atoms with Gasteiger partial charge in [0, 0.05) is 32.4 Å². The van der Waals surface area contributed by atoms with Crippen molar-refractivity contribution >= 4 is 22.8 Å². The number of hydrogen-bond acceptors (Lipinski definition) is 6. The molecule has 6 rings (SSSR count). The lowest BCUT2D eigenvalue weighted by Crippen LogP contribution is -2.32. The second kappa shape index (κ2) is 8.18. The molecule has 166 valence electrons. The van der Waals surface area contributed by atoms with Crippen LogP contribution in [0.4, 0.5) is 5.82 Å². The van der Waals surface area contributed by atoms with Crippen molar-refractivity contribution in [3.63, 3.8) is 0 Å². The van der Waals surface area contributed by atoms with Crippen molar-refractivity contribution in [2.75, 3.05) is 44.3 Å². The number of anilines is 1. The standard InChI is InChI=1S/C24H27N5O3/c30-24(27-10-3-4-11-27)18-6-5-9-25-23(18)28-12-21-22(13-28)32-15-17(14-31-21)29-16-26-19-7-1-2-8-20(19)29/h1-2,5-9,16-17,21-22H,3-4,10-15H2/t21-,22-/m0/s1. The summed E-state index contributed by atoms with van der Waals surface area (Å²) < 4.78 is 14.8. The summed E-state index contributed by atoms with van der Waals surface area (Å²) in [4.78, 5) is 26.2. The molecule has 3 fully saturated rings. The fraction of sp³-hybridized carbons (Fsp3) is 0.458. The number of para-hydroxylation sites is 2. The number of likely N-dealkylation sites (tertiary alicyclic amines) is 1. The smallest absolute Gasteiger partial charge is 0.257 e. The molecule has 0 spiro atoms. The van der Waals surface area contributed by atoms with Gasteiger partial charge in [-0.25, -0.2) is 9.97 Å². The van der Waals surface area contributed by atoms with Crippen LogP contribution in [0.5, 0.6) is 0 Å². The van der Waals surface area contributed by atoms with Crippen LogP contribution in [0.15, 0.2) is 48.9 Å².